The number of nitrogens with zero attached hydrogens (tertiary/aromatic N) is 4. The Bertz CT molecular complexity index is 788. The van der Waals surface area contributed by atoms with Crippen molar-refractivity contribution in [2.75, 3.05) is 14.1 Å². The molecule has 9 heteroatoms. The van der Waals surface area contributed by atoms with Gasteiger partial charge in [-0.2, -0.15) is 0 Å². The Kier molecular flexibility index (Phi) is 7.04. The number of aliphatic carboxylic acids is 1. The summed E-state index contributed by atoms with van der Waals surface area (Å²) >= 11 is 0. The molecule has 1 aromatic carbocycles. The van der Waals surface area contributed by atoms with Crippen molar-refractivity contribution < 1.29 is 19.5 Å². The number of hydrogen-bond acceptors (Lipinski definition) is 5. The van der Waals surface area contributed by atoms with Gasteiger partial charge in [0.25, 0.3) is 5.91 Å². The van der Waals surface area contributed by atoms with Gasteiger partial charge in [0.15, 0.2) is 5.69 Å². The molecule has 0 radical (unpaired) electrons. The highest BCUT2D eigenvalue weighted by atomic mass is 16.4. The van der Waals surface area contributed by atoms with Crippen LogP contribution in [0.5, 0.6) is 0 Å². The molecule has 2 aromatic rings. The number of rotatable bonds is 9. The zero-order valence-corrected chi connectivity index (χ0v) is 15.3. The van der Waals surface area contributed by atoms with Crippen LogP contribution in [0, 0.1) is 0 Å². The smallest absolute Gasteiger partial charge is 0.303 e. The molecule has 2 rings (SSSR count). The number of carboxylic acids is 1. The number of carbonyl (C=O) groups excluding carboxylic acids is 2. The van der Waals surface area contributed by atoms with Gasteiger partial charge in [0, 0.05) is 26.6 Å². The third-order valence-corrected chi connectivity index (χ3v) is 3.93. The SMILES string of the molecule is CN(C)C(=O)Cn1cc(C(=O)NC(CCC(=O)O)Cc2ccccc2)nn1. The molecule has 0 saturated carbocycles. The van der Waals surface area contributed by atoms with Gasteiger partial charge in [0.05, 0.1) is 6.20 Å². The fourth-order valence-corrected chi connectivity index (χ4v) is 2.44. The Morgan fingerprint density at radius 3 is 2.56 bits per heavy atom. The van der Waals surface area contributed by atoms with E-state index in [1.807, 2.05) is 30.3 Å². The second kappa shape index (κ2) is 9.46. The van der Waals surface area contributed by atoms with Crippen LogP contribution in [0.2, 0.25) is 0 Å². The first-order valence-corrected chi connectivity index (χ1v) is 8.52. The maximum atomic E-state index is 12.5. The third-order valence-electron chi connectivity index (χ3n) is 3.93. The highest BCUT2D eigenvalue weighted by Crippen LogP contribution is 2.09. The molecule has 0 aliphatic rings. The van der Waals surface area contributed by atoms with E-state index in [0.717, 1.165) is 5.56 Å². The molecular weight excluding hydrogens is 350 g/mol. The summed E-state index contributed by atoms with van der Waals surface area (Å²) in [6.07, 6.45) is 2.14. The van der Waals surface area contributed by atoms with E-state index < -0.39 is 11.9 Å². The van der Waals surface area contributed by atoms with Crippen LogP contribution in [0.15, 0.2) is 36.5 Å². The van der Waals surface area contributed by atoms with Crippen molar-refractivity contribution in [3.63, 3.8) is 0 Å². The molecule has 144 valence electrons. The van der Waals surface area contributed by atoms with E-state index in [2.05, 4.69) is 15.6 Å². The van der Waals surface area contributed by atoms with E-state index in [4.69, 9.17) is 5.11 Å². The minimum atomic E-state index is -0.921. The largest absolute Gasteiger partial charge is 0.481 e. The number of hydrogen-bond donors (Lipinski definition) is 2. The average molecular weight is 373 g/mol. The van der Waals surface area contributed by atoms with Gasteiger partial charge in [-0.3, -0.25) is 14.4 Å². The molecule has 2 N–H and O–H groups in total. The van der Waals surface area contributed by atoms with Gasteiger partial charge in [-0.25, -0.2) is 4.68 Å². The Morgan fingerprint density at radius 2 is 1.93 bits per heavy atom. The van der Waals surface area contributed by atoms with Crippen molar-refractivity contribution in [3.8, 4) is 0 Å². The van der Waals surface area contributed by atoms with Crippen LogP contribution in [0.4, 0.5) is 0 Å². The lowest BCUT2D eigenvalue weighted by Gasteiger charge is -2.17. The maximum Gasteiger partial charge on any atom is 0.303 e. The molecule has 27 heavy (non-hydrogen) atoms. The molecule has 0 bridgehead atoms. The predicted octanol–water partition coefficient (Wildman–Crippen LogP) is 0.572. The summed E-state index contributed by atoms with van der Waals surface area (Å²) in [6, 6.07) is 9.15. The second-order valence-electron chi connectivity index (χ2n) is 6.38. The Labute approximate surface area is 157 Å². The molecule has 1 atom stereocenters. The normalized spacial score (nSPS) is 11.6. The lowest BCUT2D eigenvalue weighted by molar-refractivity contribution is -0.137. The summed E-state index contributed by atoms with van der Waals surface area (Å²) in [4.78, 5) is 36.5. The van der Waals surface area contributed by atoms with Crippen LogP contribution in [0.1, 0.15) is 28.9 Å². The molecule has 1 aromatic heterocycles. The van der Waals surface area contributed by atoms with Gasteiger partial charge in [-0.15, -0.1) is 5.10 Å². The van der Waals surface area contributed by atoms with Gasteiger partial charge < -0.3 is 15.3 Å². The van der Waals surface area contributed by atoms with Crippen LogP contribution < -0.4 is 5.32 Å². The van der Waals surface area contributed by atoms with Gasteiger partial charge in [-0.05, 0) is 18.4 Å². The van der Waals surface area contributed by atoms with Crippen LogP contribution in [0.25, 0.3) is 0 Å². The fourth-order valence-electron chi connectivity index (χ4n) is 2.44. The first-order chi connectivity index (χ1) is 12.8. The van der Waals surface area contributed by atoms with Gasteiger partial charge >= 0.3 is 5.97 Å². The fraction of sp³-hybridized carbons (Fsp3) is 0.389. The number of likely N-dealkylation sites (N-methyl/N-ethyl adjacent to an activating group) is 1. The number of benzene rings is 1. The Hall–Kier alpha value is -3.23. The van der Waals surface area contributed by atoms with Gasteiger partial charge in [0.1, 0.15) is 6.54 Å². The van der Waals surface area contributed by atoms with E-state index in [0.29, 0.717) is 12.8 Å². The van der Waals surface area contributed by atoms with Crippen LogP contribution in [-0.4, -0.2) is 62.9 Å². The minimum Gasteiger partial charge on any atom is -0.481 e. The maximum absolute atomic E-state index is 12.5. The lowest BCUT2D eigenvalue weighted by Crippen LogP contribution is -2.37. The zero-order chi connectivity index (χ0) is 19.8. The van der Waals surface area contributed by atoms with Crippen molar-refractivity contribution >= 4 is 17.8 Å². The van der Waals surface area contributed by atoms with Gasteiger partial charge in [0.2, 0.25) is 5.91 Å². The van der Waals surface area contributed by atoms with E-state index in [9.17, 15) is 14.4 Å². The topological polar surface area (TPSA) is 117 Å². The van der Waals surface area contributed by atoms with E-state index >= 15 is 0 Å². The summed E-state index contributed by atoms with van der Waals surface area (Å²) in [5.74, 6) is -1.55. The highest BCUT2D eigenvalue weighted by Gasteiger charge is 2.19. The predicted molar refractivity (Wildman–Crippen MR) is 97.0 cm³/mol. The van der Waals surface area contributed by atoms with Crippen LogP contribution in [-0.2, 0) is 22.6 Å². The van der Waals surface area contributed by atoms with Crippen molar-refractivity contribution in [1.29, 1.82) is 0 Å². The third kappa shape index (κ3) is 6.53. The lowest BCUT2D eigenvalue weighted by atomic mass is 10.0. The molecular formula is C18H23N5O4. The molecule has 1 heterocycles. The summed E-state index contributed by atoms with van der Waals surface area (Å²) in [5.41, 5.74) is 1.07. The number of nitrogens with one attached hydrogen (secondary N) is 1. The number of amides is 2. The zero-order valence-electron chi connectivity index (χ0n) is 15.3. The average Bonchev–Trinajstić information content (AvgIpc) is 3.09. The number of aromatic nitrogens is 3. The molecule has 0 aliphatic carbocycles. The molecule has 0 aliphatic heterocycles. The Balaban J connectivity index is 2.02. The standard InChI is InChI=1S/C18H23N5O4/c1-22(2)16(24)12-23-11-15(20-21-23)18(27)19-14(8-9-17(25)26)10-13-6-4-3-5-7-13/h3-7,11,14H,8-10,12H2,1-2H3,(H,19,27)(H,25,26). The molecule has 9 nitrogen and oxygen atoms in total. The highest BCUT2D eigenvalue weighted by molar-refractivity contribution is 5.92. The summed E-state index contributed by atoms with van der Waals surface area (Å²) < 4.78 is 1.29. The second-order valence-corrected chi connectivity index (χ2v) is 6.38. The summed E-state index contributed by atoms with van der Waals surface area (Å²) in [5, 5.41) is 19.3. The van der Waals surface area contributed by atoms with Crippen molar-refractivity contribution in [3.05, 3.63) is 47.8 Å². The first kappa shape index (κ1) is 20.1. The van der Waals surface area contributed by atoms with E-state index in [1.54, 1.807) is 14.1 Å². The van der Waals surface area contributed by atoms with Crippen molar-refractivity contribution in [1.82, 2.24) is 25.2 Å². The number of carbonyl (C=O) groups is 3. The monoisotopic (exact) mass is 373 g/mol. The van der Waals surface area contributed by atoms with Gasteiger partial charge in [-0.1, -0.05) is 35.5 Å². The van der Waals surface area contributed by atoms with E-state index in [1.165, 1.54) is 15.8 Å². The summed E-state index contributed by atoms with van der Waals surface area (Å²) in [7, 11) is 3.26. The van der Waals surface area contributed by atoms with Crippen molar-refractivity contribution in [2.45, 2.75) is 31.8 Å². The number of carboxylic acid groups (broad SMARTS) is 1. The molecule has 0 saturated heterocycles. The van der Waals surface area contributed by atoms with Crippen molar-refractivity contribution in [2.24, 2.45) is 0 Å². The molecule has 1 unspecified atom stereocenters. The first-order valence-electron chi connectivity index (χ1n) is 8.52. The molecule has 0 spiro atoms. The quantitative estimate of drug-likeness (QED) is 0.664. The van der Waals surface area contributed by atoms with Crippen LogP contribution >= 0.6 is 0 Å². The van der Waals surface area contributed by atoms with E-state index in [-0.39, 0.29) is 30.6 Å². The molecule has 0 fully saturated rings. The Morgan fingerprint density at radius 1 is 1.22 bits per heavy atom. The molecule has 2 amide bonds. The summed E-state index contributed by atoms with van der Waals surface area (Å²) in [6.45, 7) is -0.0141. The minimum absolute atomic E-state index is 0.0141. The van der Waals surface area contributed by atoms with Crippen LogP contribution in [0.3, 0.4) is 0 Å².